The Labute approximate surface area is 125 Å². The first-order valence-electron chi connectivity index (χ1n) is 6.95. The maximum atomic E-state index is 10.2. The van der Waals surface area contributed by atoms with Crippen LogP contribution in [0.3, 0.4) is 0 Å². The second-order valence-corrected chi connectivity index (χ2v) is 6.05. The molecule has 1 aromatic carbocycles. The first kappa shape index (κ1) is 15.4. The highest BCUT2D eigenvalue weighted by atomic mass is 35.5. The van der Waals surface area contributed by atoms with Gasteiger partial charge in [-0.15, -0.1) is 0 Å². The summed E-state index contributed by atoms with van der Waals surface area (Å²) in [6.07, 6.45) is 2.41. The highest BCUT2D eigenvalue weighted by Crippen LogP contribution is 2.34. The number of halogens is 1. The fourth-order valence-corrected chi connectivity index (χ4v) is 2.97. The van der Waals surface area contributed by atoms with Gasteiger partial charge >= 0.3 is 0 Å². The van der Waals surface area contributed by atoms with Crippen LogP contribution in [0.5, 0.6) is 11.5 Å². The summed E-state index contributed by atoms with van der Waals surface area (Å²) in [6.45, 7) is 2.77. The van der Waals surface area contributed by atoms with Crippen LogP contribution in [0.25, 0.3) is 0 Å². The van der Waals surface area contributed by atoms with E-state index in [0.29, 0.717) is 23.4 Å². The number of likely N-dealkylation sites (N-methyl/N-ethyl adjacent to an activating group) is 1. The highest BCUT2D eigenvalue weighted by molar-refractivity contribution is 6.30. The maximum absolute atomic E-state index is 10.2. The molecule has 4 nitrogen and oxygen atoms in total. The minimum absolute atomic E-state index is 0.198. The zero-order valence-corrected chi connectivity index (χ0v) is 13.2. The van der Waals surface area contributed by atoms with Gasteiger partial charge in [0, 0.05) is 35.8 Å². The van der Waals surface area contributed by atoms with Gasteiger partial charge in [0.25, 0.3) is 0 Å². The fourth-order valence-electron chi connectivity index (χ4n) is 2.74. The topological polar surface area (TPSA) is 35.9 Å². The van der Waals surface area contributed by atoms with Gasteiger partial charge in [0.15, 0.2) is 11.5 Å². The molecule has 2 rings (SSSR count). The molecule has 1 saturated heterocycles. The van der Waals surface area contributed by atoms with E-state index in [2.05, 4.69) is 23.9 Å². The van der Waals surface area contributed by atoms with Gasteiger partial charge in [-0.05, 0) is 39.5 Å². The Balaban J connectivity index is 2.11. The van der Waals surface area contributed by atoms with E-state index in [1.54, 1.807) is 6.07 Å². The van der Waals surface area contributed by atoms with Crippen LogP contribution >= 0.6 is 11.6 Å². The average molecular weight is 299 g/mol. The monoisotopic (exact) mass is 298 g/mol. The smallest absolute Gasteiger partial charge is 0.162 e. The number of methoxy groups -OCH3 is 1. The molecule has 0 aliphatic carbocycles. The van der Waals surface area contributed by atoms with Crippen molar-refractivity contribution in [2.45, 2.75) is 25.4 Å². The first-order chi connectivity index (χ1) is 9.51. The van der Waals surface area contributed by atoms with Crippen LogP contribution < -0.4 is 4.74 Å². The van der Waals surface area contributed by atoms with Crippen molar-refractivity contribution in [3.63, 3.8) is 0 Å². The van der Waals surface area contributed by atoms with Crippen molar-refractivity contribution in [1.82, 2.24) is 9.80 Å². The summed E-state index contributed by atoms with van der Waals surface area (Å²) in [5, 5.41) is 10.8. The van der Waals surface area contributed by atoms with E-state index in [0.717, 1.165) is 18.7 Å². The number of hydrogen-bond donors (Lipinski definition) is 1. The second kappa shape index (κ2) is 6.66. The number of piperidine rings is 1. The lowest BCUT2D eigenvalue weighted by Gasteiger charge is -2.36. The summed E-state index contributed by atoms with van der Waals surface area (Å²) >= 11 is 6.08. The lowest BCUT2D eigenvalue weighted by atomic mass is 10.0. The van der Waals surface area contributed by atoms with E-state index >= 15 is 0 Å². The van der Waals surface area contributed by atoms with Gasteiger partial charge in [-0.2, -0.15) is 0 Å². The molecule has 5 heteroatoms. The number of phenolic OH excluding ortho intramolecular Hbond substituents is 1. The van der Waals surface area contributed by atoms with E-state index in [9.17, 15) is 5.11 Å². The molecule has 1 atom stereocenters. The fraction of sp³-hybridized carbons (Fsp3) is 0.600. The molecule has 0 amide bonds. The highest BCUT2D eigenvalue weighted by Gasteiger charge is 2.22. The summed E-state index contributed by atoms with van der Waals surface area (Å²) in [5.74, 6) is 0.637. The average Bonchev–Trinajstić information content (AvgIpc) is 2.42. The van der Waals surface area contributed by atoms with E-state index in [4.69, 9.17) is 16.3 Å². The van der Waals surface area contributed by atoms with Crippen molar-refractivity contribution in [3.05, 3.63) is 22.7 Å². The third-order valence-electron chi connectivity index (χ3n) is 3.94. The molecule has 112 valence electrons. The van der Waals surface area contributed by atoms with E-state index in [1.165, 1.54) is 20.0 Å². The predicted octanol–water partition coefficient (Wildman–Crippen LogP) is 2.58. The lowest BCUT2D eigenvalue weighted by Crippen LogP contribution is -2.44. The van der Waals surface area contributed by atoms with Crippen LogP contribution in [0.2, 0.25) is 5.02 Å². The van der Waals surface area contributed by atoms with Gasteiger partial charge in [-0.1, -0.05) is 11.6 Å². The van der Waals surface area contributed by atoms with Crippen molar-refractivity contribution in [1.29, 1.82) is 0 Å². The lowest BCUT2D eigenvalue weighted by molar-refractivity contribution is 0.127. The van der Waals surface area contributed by atoms with Crippen LogP contribution in [0.1, 0.15) is 18.4 Å². The van der Waals surface area contributed by atoms with Gasteiger partial charge in [0.1, 0.15) is 0 Å². The van der Waals surface area contributed by atoms with Gasteiger partial charge in [-0.3, -0.25) is 4.90 Å². The molecule has 1 N–H and O–H groups in total. The molecular formula is C15H23ClN2O2. The standard InChI is InChI=1S/C15H23ClN2O2/c1-17(2)13-5-4-6-18(10-13)9-11-7-12(16)8-14(20-3)15(11)19/h7-8,13,19H,4-6,9-10H2,1-3H3. The minimum Gasteiger partial charge on any atom is -0.504 e. The number of benzene rings is 1. The molecule has 0 radical (unpaired) electrons. The van der Waals surface area contributed by atoms with Gasteiger partial charge in [0.2, 0.25) is 0 Å². The second-order valence-electron chi connectivity index (χ2n) is 5.61. The van der Waals surface area contributed by atoms with Crippen LogP contribution in [-0.4, -0.2) is 55.2 Å². The Morgan fingerprint density at radius 3 is 2.85 bits per heavy atom. The largest absolute Gasteiger partial charge is 0.504 e. The number of hydrogen-bond acceptors (Lipinski definition) is 4. The number of aromatic hydroxyl groups is 1. The first-order valence-corrected chi connectivity index (χ1v) is 7.33. The molecule has 20 heavy (non-hydrogen) atoms. The SMILES string of the molecule is COc1cc(Cl)cc(CN2CCCC(N(C)C)C2)c1O. The molecule has 1 heterocycles. The van der Waals surface area contributed by atoms with Crippen LogP contribution in [0.4, 0.5) is 0 Å². The number of nitrogens with zero attached hydrogens (tertiary/aromatic N) is 2. The molecule has 0 spiro atoms. The third-order valence-corrected chi connectivity index (χ3v) is 4.16. The molecule has 0 saturated carbocycles. The predicted molar refractivity (Wildman–Crippen MR) is 81.7 cm³/mol. The van der Waals surface area contributed by atoms with E-state index in [-0.39, 0.29) is 5.75 Å². The maximum Gasteiger partial charge on any atom is 0.162 e. The third kappa shape index (κ3) is 3.57. The summed E-state index contributed by atoms with van der Waals surface area (Å²) in [6, 6.07) is 4.03. The molecular weight excluding hydrogens is 276 g/mol. The van der Waals surface area contributed by atoms with Crippen molar-refractivity contribution in [2.75, 3.05) is 34.3 Å². The molecule has 1 aromatic rings. The zero-order valence-electron chi connectivity index (χ0n) is 12.4. The Morgan fingerprint density at radius 2 is 2.20 bits per heavy atom. The molecule has 0 aromatic heterocycles. The van der Waals surface area contributed by atoms with Crippen LogP contribution in [0.15, 0.2) is 12.1 Å². The quantitative estimate of drug-likeness (QED) is 0.927. The van der Waals surface area contributed by atoms with Crippen LogP contribution in [-0.2, 0) is 6.54 Å². The molecule has 1 aliphatic rings. The van der Waals surface area contributed by atoms with Crippen LogP contribution in [0, 0.1) is 0 Å². The van der Waals surface area contributed by atoms with E-state index in [1.807, 2.05) is 6.07 Å². The minimum atomic E-state index is 0.198. The number of ether oxygens (including phenoxy) is 1. The Morgan fingerprint density at radius 1 is 1.45 bits per heavy atom. The Hall–Kier alpha value is -0.970. The zero-order chi connectivity index (χ0) is 14.7. The summed E-state index contributed by atoms with van der Waals surface area (Å²) in [7, 11) is 5.78. The number of rotatable bonds is 4. The van der Waals surface area contributed by atoms with Crippen molar-refractivity contribution >= 4 is 11.6 Å². The van der Waals surface area contributed by atoms with Gasteiger partial charge in [-0.25, -0.2) is 0 Å². The Bertz CT molecular complexity index is 465. The molecule has 1 aliphatic heterocycles. The number of phenols is 1. The molecule has 0 bridgehead atoms. The van der Waals surface area contributed by atoms with E-state index < -0.39 is 0 Å². The summed E-state index contributed by atoms with van der Waals surface area (Å²) < 4.78 is 5.15. The van der Waals surface area contributed by atoms with Crippen molar-refractivity contribution < 1.29 is 9.84 Å². The Kier molecular flexibility index (Phi) is 5.13. The van der Waals surface area contributed by atoms with Crippen molar-refractivity contribution in [2.24, 2.45) is 0 Å². The number of likely N-dealkylation sites (tertiary alicyclic amines) is 1. The van der Waals surface area contributed by atoms with Gasteiger partial charge in [0.05, 0.1) is 7.11 Å². The summed E-state index contributed by atoms with van der Waals surface area (Å²) in [5.41, 5.74) is 0.828. The van der Waals surface area contributed by atoms with Crippen molar-refractivity contribution in [3.8, 4) is 11.5 Å². The molecule has 1 fully saturated rings. The molecule has 1 unspecified atom stereocenters. The summed E-state index contributed by atoms with van der Waals surface area (Å²) in [4.78, 5) is 4.63. The normalized spacial score (nSPS) is 20.4. The van der Waals surface area contributed by atoms with Gasteiger partial charge < -0.3 is 14.7 Å².